The molecule has 1 aliphatic rings. The highest BCUT2D eigenvalue weighted by atomic mass is 16.7. The van der Waals surface area contributed by atoms with E-state index in [0.29, 0.717) is 17.5 Å². The van der Waals surface area contributed by atoms with Gasteiger partial charge in [0, 0.05) is 17.3 Å². The molecule has 29 heavy (non-hydrogen) atoms. The third kappa shape index (κ3) is 3.80. The van der Waals surface area contributed by atoms with Gasteiger partial charge in [0.15, 0.2) is 5.82 Å². The summed E-state index contributed by atoms with van der Waals surface area (Å²) in [7, 11) is -0.361. The van der Waals surface area contributed by atoms with E-state index in [9.17, 15) is 0 Å². The van der Waals surface area contributed by atoms with E-state index in [1.54, 1.807) is 6.20 Å². The molecule has 0 atom stereocenters. The van der Waals surface area contributed by atoms with Crippen molar-refractivity contribution in [3.63, 3.8) is 0 Å². The van der Waals surface area contributed by atoms with Crippen LogP contribution in [0.25, 0.3) is 22.6 Å². The summed E-state index contributed by atoms with van der Waals surface area (Å²) in [5.41, 5.74) is 3.09. The Morgan fingerprint density at radius 3 is 1.79 bits per heavy atom. The maximum atomic E-state index is 6.12. The number of aryl methyl sites for hydroxylation is 2. The molecule has 1 aliphatic heterocycles. The molecule has 7 heteroatoms. The van der Waals surface area contributed by atoms with E-state index in [4.69, 9.17) is 9.31 Å². The van der Waals surface area contributed by atoms with Crippen molar-refractivity contribution in [3.05, 3.63) is 54.2 Å². The number of rotatable bonds is 3. The second-order valence-corrected chi connectivity index (χ2v) is 8.40. The Balaban J connectivity index is 1.54. The third-order valence-electron chi connectivity index (χ3n) is 5.61. The quantitative estimate of drug-likeness (QED) is 0.640. The summed E-state index contributed by atoms with van der Waals surface area (Å²) in [4.78, 5) is 17.6. The van der Waals surface area contributed by atoms with Crippen LogP contribution in [-0.4, -0.2) is 38.3 Å². The lowest BCUT2D eigenvalue weighted by atomic mass is 9.79. The van der Waals surface area contributed by atoms with Crippen molar-refractivity contribution in [2.45, 2.75) is 52.7 Å². The molecule has 0 spiro atoms. The van der Waals surface area contributed by atoms with Gasteiger partial charge in [-0.05, 0) is 59.1 Å². The fourth-order valence-corrected chi connectivity index (χ4v) is 3.23. The molecule has 0 aliphatic carbocycles. The van der Waals surface area contributed by atoms with Crippen LogP contribution < -0.4 is 5.46 Å². The molecule has 148 valence electrons. The van der Waals surface area contributed by atoms with Crippen LogP contribution in [0, 0.1) is 13.8 Å². The first kappa shape index (κ1) is 19.7. The number of nitrogens with zero attached hydrogens (tertiary/aromatic N) is 4. The Kier molecular flexibility index (Phi) is 4.75. The van der Waals surface area contributed by atoms with Crippen molar-refractivity contribution >= 4 is 12.6 Å². The van der Waals surface area contributed by atoms with Crippen LogP contribution in [0.2, 0.25) is 0 Å². The summed E-state index contributed by atoms with van der Waals surface area (Å²) in [5, 5.41) is 0. The summed E-state index contributed by atoms with van der Waals surface area (Å²) in [5.74, 6) is 2.05. The van der Waals surface area contributed by atoms with Crippen LogP contribution in [0.3, 0.4) is 0 Å². The molecule has 4 rings (SSSR count). The smallest absolute Gasteiger partial charge is 0.399 e. The molecule has 1 saturated heterocycles. The van der Waals surface area contributed by atoms with Crippen LogP contribution in [-0.2, 0) is 9.31 Å². The molecule has 0 bridgehead atoms. The van der Waals surface area contributed by atoms with E-state index >= 15 is 0 Å². The molecule has 1 fully saturated rings. The van der Waals surface area contributed by atoms with Crippen LogP contribution in [0.4, 0.5) is 0 Å². The molecule has 0 unspecified atom stereocenters. The topological polar surface area (TPSA) is 70.0 Å². The SMILES string of the molecule is Cc1nc(C)nc(-c2ccc(-c3ccc(B4OC(C)(C)C(C)(C)O4)cc3)nc2)n1. The highest BCUT2D eigenvalue weighted by molar-refractivity contribution is 6.62. The standard InChI is InChI=1S/C22H25BN4O2/c1-14-25-15(2)27-20(26-14)17-9-12-19(24-13-17)16-7-10-18(11-8-16)23-28-21(3,4)22(5,6)29-23/h7-13H,1-6H3. The number of pyridine rings is 1. The van der Waals surface area contributed by atoms with Gasteiger partial charge in [0.25, 0.3) is 0 Å². The van der Waals surface area contributed by atoms with Gasteiger partial charge in [0.2, 0.25) is 0 Å². The molecular formula is C22H25BN4O2. The molecule has 3 heterocycles. The number of hydrogen-bond acceptors (Lipinski definition) is 6. The van der Waals surface area contributed by atoms with Gasteiger partial charge in [0.05, 0.1) is 16.9 Å². The van der Waals surface area contributed by atoms with Crippen LogP contribution in [0.5, 0.6) is 0 Å². The molecule has 0 saturated carbocycles. The van der Waals surface area contributed by atoms with Gasteiger partial charge in [-0.2, -0.15) is 0 Å². The zero-order chi connectivity index (χ0) is 20.8. The average molecular weight is 388 g/mol. The number of benzene rings is 1. The van der Waals surface area contributed by atoms with E-state index < -0.39 is 0 Å². The molecule has 0 radical (unpaired) electrons. The van der Waals surface area contributed by atoms with Gasteiger partial charge in [-0.1, -0.05) is 24.3 Å². The van der Waals surface area contributed by atoms with Crippen LogP contribution >= 0.6 is 0 Å². The first-order chi connectivity index (χ1) is 13.6. The first-order valence-corrected chi connectivity index (χ1v) is 9.76. The Morgan fingerprint density at radius 1 is 0.724 bits per heavy atom. The van der Waals surface area contributed by atoms with Gasteiger partial charge < -0.3 is 9.31 Å². The maximum absolute atomic E-state index is 6.12. The van der Waals surface area contributed by atoms with Crippen LogP contribution in [0.1, 0.15) is 39.3 Å². The first-order valence-electron chi connectivity index (χ1n) is 9.76. The number of aromatic nitrogens is 4. The summed E-state index contributed by atoms with van der Waals surface area (Å²) >= 11 is 0. The Labute approximate surface area is 171 Å². The molecular weight excluding hydrogens is 363 g/mol. The molecule has 0 N–H and O–H groups in total. The maximum Gasteiger partial charge on any atom is 0.494 e. The molecule has 0 amide bonds. The van der Waals surface area contributed by atoms with Crippen molar-refractivity contribution in [2.75, 3.05) is 0 Å². The minimum absolute atomic E-state index is 0.348. The summed E-state index contributed by atoms with van der Waals surface area (Å²) < 4.78 is 12.2. The van der Waals surface area contributed by atoms with Crippen LogP contribution in [0.15, 0.2) is 42.6 Å². The summed E-state index contributed by atoms with van der Waals surface area (Å²) in [6, 6.07) is 12.1. The van der Waals surface area contributed by atoms with Crippen molar-refractivity contribution in [1.82, 2.24) is 19.9 Å². The van der Waals surface area contributed by atoms with Crippen molar-refractivity contribution in [1.29, 1.82) is 0 Å². The Hall–Kier alpha value is -2.64. The normalized spacial score (nSPS) is 17.5. The average Bonchev–Trinajstić information content (AvgIpc) is 2.89. The van der Waals surface area contributed by atoms with Gasteiger partial charge in [-0.25, -0.2) is 15.0 Å². The van der Waals surface area contributed by atoms with E-state index in [1.807, 2.05) is 50.2 Å². The summed E-state index contributed by atoms with van der Waals surface area (Å²) in [6.45, 7) is 12.0. The third-order valence-corrected chi connectivity index (χ3v) is 5.61. The molecule has 2 aromatic heterocycles. The second-order valence-electron chi connectivity index (χ2n) is 8.40. The van der Waals surface area contributed by atoms with Gasteiger partial charge >= 0.3 is 7.12 Å². The highest BCUT2D eigenvalue weighted by Gasteiger charge is 2.51. The van der Waals surface area contributed by atoms with Gasteiger partial charge in [0.1, 0.15) is 11.6 Å². The van der Waals surface area contributed by atoms with Crippen molar-refractivity contribution in [3.8, 4) is 22.6 Å². The van der Waals surface area contributed by atoms with Gasteiger partial charge in [-0.15, -0.1) is 0 Å². The lowest BCUT2D eigenvalue weighted by Gasteiger charge is -2.32. The van der Waals surface area contributed by atoms with Gasteiger partial charge in [-0.3, -0.25) is 4.98 Å². The highest BCUT2D eigenvalue weighted by Crippen LogP contribution is 2.36. The lowest BCUT2D eigenvalue weighted by Crippen LogP contribution is -2.41. The Bertz CT molecular complexity index is 997. The zero-order valence-corrected chi connectivity index (χ0v) is 17.7. The second kappa shape index (κ2) is 7.00. The van der Waals surface area contributed by atoms with Crippen molar-refractivity contribution < 1.29 is 9.31 Å². The van der Waals surface area contributed by atoms with E-state index in [-0.39, 0.29) is 18.3 Å². The van der Waals surface area contributed by atoms with E-state index in [0.717, 1.165) is 22.3 Å². The fraction of sp³-hybridized carbons (Fsp3) is 0.364. The zero-order valence-electron chi connectivity index (χ0n) is 17.7. The van der Waals surface area contributed by atoms with E-state index in [2.05, 4.69) is 47.6 Å². The molecule has 6 nitrogen and oxygen atoms in total. The van der Waals surface area contributed by atoms with E-state index in [1.165, 1.54) is 0 Å². The fourth-order valence-electron chi connectivity index (χ4n) is 3.23. The minimum Gasteiger partial charge on any atom is -0.399 e. The predicted molar refractivity (Wildman–Crippen MR) is 114 cm³/mol. The minimum atomic E-state index is -0.361. The summed E-state index contributed by atoms with van der Waals surface area (Å²) in [6.07, 6.45) is 1.80. The predicted octanol–water partition coefficient (Wildman–Crippen LogP) is 3.52. The lowest BCUT2D eigenvalue weighted by molar-refractivity contribution is 0.00578. The molecule has 3 aromatic rings. The Morgan fingerprint density at radius 2 is 1.28 bits per heavy atom. The molecule has 1 aromatic carbocycles. The number of hydrogen-bond donors (Lipinski definition) is 0. The largest absolute Gasteiger partial charge is 0.494 e. The monoisotopic (exact) mass is 388 g/mol. The van der Waals surface area contributed by atoms with Crippen molar-refractivity contribution in [2.24, 2.45) is 0 Å².